The number of fused-ring (bicyclic) bond motifs is 2. The summed E-state index contributed by atoms with van der Waals surface area (Å²) in [6.45, 7) is 1.83. The number of benzene rings is 2. The molecule has 0 spiro atoms. The smallest absolute Gasteiger partial charge is 0.150 e. The van der Waals surface area contributed by atoms with Crippen LogP contribution < -0.4 is 5.01 Å². The molecule has 1 aliphatic carbocycles. The Morgan fingerprint density at radius 3 is 2.78 bits per heavy atom. The number of rotatable bonds is 6. The minimum atomic E-state index is -0.0284. The SMILES string of the molecule is CN1CC(c2nn(C3CCCCO3)c3ccccc23)c2cc(-c3cnn(C4CC4)c3)ccc2N1CC=O. The molecule has 0 N–H and O–H groups in total. The zero-order chi connectivity index (χ0) is 24.9. The zero-order valence-corrected chi connectivity index (χ0v) is 21.2. The van der Waals surface area contributed by atoms with E-state index in [-0.39, 0.29) is 12.1 Å². The van der Waals surface area contributed by atoms with Crippen molar-refractivity contribution in [1.82, 2.24) is 24.6 Å². The number of para-hydroxylation sites is 1. The highest BCUT2D eigenvalue weighted by Gasteiger charge is 2.34. The molecule has 2 atom stereocenters. The largest absolute Gasteiger partial charge is 0.356 e. The van der Waals surface area contributed by atoms with E-state index in [9.17, 15) is 4.79 Å². The summed E-state index contributed by atoms with van der Waals surface area (Å²) < 4.78 is 10.3. The van der Waals surface area contributed by atoms with Gasteiger partial charge in [0.1, 0.15) is 6.29 Å². The van der Waals surface area contributed by atoms with E-state index in [0.717, 1.165) is 72.1 Å². The van der Waals surface area contributed by atoms with Crippen molar-refractivity contribution in [2.24, 2.45) is 0 Å². The van der Waals surface area contributed by atoms with Gasteiger partial charge < -0.3 is 9.53 Å². The molecule has 2 aliphatic heterocycles. The fourth-order valence-corrected chi connectivity index (χ4v) is 5.97. The van der Waals surface area contributed by atoms with Gasteiger partial charge in [0.25, 0.3) is 0 Å². The first-order chi connectivity index (χ1) is 18.2. The summed E-state index contributed by atoms with van der Waals surface area (Å²) in [5.74, 6) is 0.0519. The fourth-order valence-electron chi connectivity index (χ4n) is 5.97. The quantitative estimate of drug-likeness (QED) is 0.353. The van der Waals surface area contributed by atoms with Crippen molar-refractivity contribution >= 4 is 22.9 Å². The molecule has 7 rings (SSSR count). The minimum absolute atomic E-state index is 0.0284. The van der Waals surface area contributed by atoms with Gasteiger partial charge in [-0.05, 0) is 61.4 Å². The summed E-state index contributed by atoms with van der Waals surface area (Å²) in [5.41, 5.74) is 6.69. The third-order valence-electron chi connectivity index (χ3n) is 8.04. The number of carbonyl (C=O) groups excluding carboxylic acids is 1. The maximum atomic E-state index is 11.6. The van der Waals surface area contributed by atoms with Crippen LogP contribution in [0.3, 0.4) is 0 Å². The van der Waals surface area contributed by atoms with Crippen molar-refractivity contribution in [3.05, 3.63) is 66.1 Å². The number of carbonyl (C=O) groups is 1. The van der Waals surface area contributed by atoms with Gasteiger partial charge in [0, 0.05) is 43.3 Å². The van der Waals surface area contributed by atoms with Crippen LogP contribution >= 0.6 is 0 Å². The molecular weight excluding hydrogens is 464 g/mol. The molecular formula is C29H32N6O2. The number of ether oxygens (including phenoxy) is 1. The first kappa shape index (κ1) is 22.7. The Morgan fingerprint density at radius 1 is 1.08 bits per heavy atom. The number of nitrogens with zero attached hydrogens (tertiary/aromatic N) is 6. The molecule has 4 heterocycles. The van der Waals surface area contributed by atoms with Crippen molar-refractivity contribution in [3.8, 4) is 11.1 Å². The van der Waals surface area contributed by atoms with Crippen LogP contribution in [0.5, 0.6) is 0 Å². The van der Waals surface area contributed by atoms with Crippen LogP contribution in [0, 0.1) is 0 Å². The number of anilines is 1. The van der Waals surface area contributed by atoms with Crippen LogP contribution in [0.15, 0.2) is 54.9 Å². The number of hydrogen-bond acceptors (Lipinski definition) is 6. The van der Waals surface area contributed by atoms with E-state index < -0.39 is 0 Å². The second-order valence-corrected chi connectivity index (χ2v) is 10.5. The van der Waals surface area contributed by atoms with Crippen molar-refractivity contribution in [2.45, 2.75) is 50.3 Å². The molecule has 8 nitrogen and oxygen atoms in total. The summed E-state index contributed by atoms with van der Waals surface area (Å²) >= 11 is 0. The van der Waals surface area contributed by atoms with Gasteiger partial charge in [0.2, 0.25) is 0 Å². The highest BCUT2D eigenvalue weighted by molar-refractivity contribution is 5.84. The summed E-state index contributed by atoms with van der Waals surface area (Å²) in [4.78, 5) is 11.6. The van der Waals surface area contributed by atoms with E-state index in [1.807, 2.05) is 6.20 Å². The average Bonchev–Trinajstić information content (AvgIpc) is 3.54. The van der Waals surface area contributed by atoms with E-state index in [1.165, 1.54) is 18.4 Å². The predicted octanol–water partition coefficient (Wildman–Crippen LogP) is 4.93. The molecule has 2 fully saturated rings. The van der Waals surface area contributed by atoms with Crippen LogP contribution in [0.25, 0.3) is 22.0 Å². The van der Waals surface area contributed by atoms with Crippen molar-refractivity contribution in [2.75, 3.05) is 31.8 Å². The Morgan fingerprint density at radius 2 is 1.97 bits per heavy atom. The van der Waals surface area contributed by atoms with E-state index in [1.54, 1.807) is 0 Å². The molecule has 2 unspecified atom stereocenters. The normalized spacial score (nSPS) is 22.4. The van der Waals surface area contributed by atoms with Crippen molar-refractivity contribution in [3.63, 3.8) is 0 Å². The second kappa shape index (κ2) is 9.11. The standard InChI is InChI=1S/C29H32N6O2/c1-32-19-25(29-23-6-2-3-7-27(23)35(31-29)28-8-4-5-15-37-28)24-16-20(9-12-26(24)34(32)13-14-36)21-17-30-33(18-21)22-10-11-22/h2-3,6-7,9,12,14,16-18,22,25,28H,4-5,8,10-11,13,15,19H2,1H3. The zero-order valence-electron chi connectivity index (χ0n) is 21.2. The lowest BCUT2D eigenvalue weighted by Gasteiger charge is -2.41. The maximum Gasteiger partial charge on any atom is 0.150 e. The predicted molar refractivity (Wildman–Crippen MR) is 142 cm³/mol. The first-order valence-electron chi connectivity index (χ1n) is 13.4. The lowest BCUT2D eigenvalue weighted by atomic mass is 9.88. The molecule has 2 aromatic heterocycles. The monoisotopic (exact) mass is 496 g/mol. The lowest BCUT2D eigenvalue weighted by molar-refractivity contribution is -0.107. The van der Waals surface area contributed by atoms with E-state index in [2.05, 4.69) is 80.2 Å². The van der Waals surface area contributed by atoms with Crippen molar-refractivity contribution < 1.29 is 9.53 Å². The van der Waals surface area contributed by atoms with Gasteiger partial charge in [-0.15, -0.1) is 0 Å². The lowest BCUT2D eigenvalue weighted by Crippen LogP contribution is -2.47. The third-order valence-corrected chi connectivity index (χ3v) is 8.04. The third kappa shape index (κ3) is 3.95. The van der Waals surface area contributed by atoms with Gasteiger partial charge in [0.05, 0.1) is 35.7 Å². The molecule has 0 radical (unpaired) electrons. The summed E-state index contributed by atoms with van der Waals surface area (Å²) in [6.07, 6.45) is 10.7. The number of hydrazine groups is 1. The van der Waals surface area contributed by atoms with Gasteiger partial charge >= 0.3 is 0 Å². The maximum absolute atomic E-state index is 11.6. The Balaban J connectivity index is 1.36. The molecule has 3 aliphatic rings. The number of likely N-dealkylation sites (N-methyl/N-ethyl adjacent to an activating group) is 1. The highest BCUT2D eigenvalue weighted by atomic mass is 16.5. The van der Waals surface area contributed by atoms with Gasteiger partial charge in [-0.1, -0.05) is 24.3 Å². The number of aromatic nitrogens is 4. The number of hydrogen-bond donors (Lipinski definition) is 0. The van der Waals surface area contributed by atoms with Gasteiger partial charge in [-0.2, -0.15) is 10.2 Å². The summed E-state index contributed by atoms with van der Waals surface area (Å²) in [5, 5.41) is 15.2. The van der Waals surface area contributed by atoms with E-state index in [0.29, 0.717) is 12.6 Å². The van der Waals surface area contributed by atoms with E-state index >= 15 is 0 Å². The molecule has 1 saturated carbocycles. The number of aldehydes is 1. The van der Waals surface area contributed by atoms with E-state index in [4.69, 9.17) is 9.84 Å². The molecule has 190 valence electrons. The summed E-state index contributed by atoms with van der Waals surface area (Å²) in [6, 6.07) is 15.6. The summed E-state index contributed by atoms with van der Waals surface area (Å²) in [7, 11) is 2.05. The van der Waals surface area contributed by atoms with Gasteiger partial charge in [-0.25, -0.2) is 9.69 Å². The van der Waals surface area contributed by atoms with Crippen LogP contribution in [0.2, 0.25) is 0 Å². The van der Waals surface area contributed by atoms with Gasteiger partial charge in [0.15, 0.2) is 6.23 Å². The Labute approximate surface area is 216 Å². The van der Waals surface area contributed by atoms with Crippen LogP contribution in [0.4, 0.5) is 5.69 Å². The molecule has 0 amide bonds. The van der Waals surface area contributed by atoms with Crippen LogP contribution in [-0.4, -0.2) is 57.6 Å². The molecule has 4 aromatic rings. The van der Waals surface area contributed by atoms with Gasteiger partial charge in [-0.3, -0.25) is 9.69 Å². The van der Waals surface area contributed by atoms with Crippen molar-refractivity contribution in [1.29, 1.82) is 0 Å². The minimum Gasteiger partial charge on any atom is -0.356 e. The van der Waals surface area contributed by atoms with Crippen LogP contribution in [0.1, 0.15) is 61.5 Å². The Hall–Kier alpha value is -3.49. The molecule has 8 heteroatoms. The van der Waals surface area contributed by atoms with Crippen LogP contribution in [-0.2, 0) is 9.53 Å². The first-order valence-corrected chi connectivity index (χ1v) is 13.4. The molecule has 37 heavy (non-hydrogen) atoms. The Kier molecular flexibility index (Phi) is 5.59. The second-order valence-electron chi connectivity index (χ2n) is 10.5. The molecule has 0 bridgehead atoms. The molecule has 2 aromatic carbocycles. The average molecular weight is 497 g/mol. The molecule has 1 saturated heterocycles. The fraction of sp³-hybridized carbons (Fsp3) is 0.414. The highest BCUT2D eigenvalue weighted by Crippen LogP contribution is 2.43. The topological polar surface area (TPSA) is 68.4 Å². The Bertz CT molecular complexity index is 1450.